The number of fused-ring (bicyclic) bond motifs is 2. The summed E-state index contributed by atoms with van der Waals surface area (Å²) in [4.78, 5) is 11.4. The molecule has 1 nitrogen and oxygen atoms in total. The molecule has 4 aliphatic rings. The molecule has 17 heavy (non-hydrogen) atoms. The fourth-order valence-electron chi connectivity index (χ4n) is 3.19. The molecule has 1 heteroatoms. The minimum atomic E-state index is 0.0770. The highest BCUT2D eigenvalue weighted by Gasteiger charge is 2.39. The molecule has 0 aromatic carbocycles. The molecule has 1 atom stereocenters. The van der Waals surface area contributed by atoms with Crippen molar-refractivity contribution >= 4 is 5.78 Å². The van der Waals surface area contributed by atoms with Crippen LogP contribution < -0.4 is 0 Å². The Labute approximate surface area is 100 Å². The van der Waals surface area contributed by atoms with Gasteiger partial charge in [0.1, 0.15) is 0 Å². The average Bonchev–Trinajstić information content (AvgIpc) is 2.66. The van der Waals surface area contributed by atoms with E-state index in [9.17, 15) is 4.79 Å². The Kier molecular flexibility index (Phi) is 1.54. The Morgan fingerprint density at radius 1 is 1.00 bits per heavy atom. The maximum atomic E-state index is 11.4. The summed E-state index contributed by atoms with van der Waals surface area (Å²) >= 11 is 0. The predicted octanol–water partition coefficient (Wildman–Crippen LogP) is 3.19. The largest absolute Gasteiger partial charge is 0.294 e. The first kappa shape index (κ1) is 9.17. The number of carbonyl (C=O) groups is 1. The quantitative estimate of drug-likeness (QED) is 0.612. The zero-order valence-corrected chi connectivity index (χ0v) is 9.44. The van der Waals surface area contributed by atoms with Crippen LogP contribution in [-0.4, -0.2) is 5.78 Å². The molecule has 0 heterocycles. The second kappa shape index (κ2) is 2.86. The lowest BCUT2D eigenvalue weighted by Gasteiger charge is -2.35. The number of hydrogen-bond donors (Lipinski definition) is 0. The second-order valence-corrected chi connectivity index (χ2v) is 5.12. The van der Waals surface area contributed by atoms with Crippen molar-refractivity contribution in [2.75, 3.05) is 0 Å². The molecule has 0 aromatic heterocycles. The fourth-order valence-corrected chi connectivity index (χ4v) is 3.19. The zero-order valence-electron chi connectivity index (χ0n) is 9.44. The summed E-state index contributed by atoms with van der Waals surface area (Å²) in [7, 11) is 0. The highest BCUT2D eigenvalue weighted by molar-refractivity contribution is 5.95. The van der Waals surface area contributed by atoms with Gasteiger partial charge in [-0.05, 0) is 34.8 Å². The molecule has 2 bridgehead atoms. The molecule has 0 aliphatic heterocycles. The van der Waals surface area contributed by atoms with Crippen molar-refractivity contribution < 1.29 is 4.79 Å². The molecule has 82 valence electrons. The third-order valence-electron chi connectivity index (χ3n) is 4.08. The van der Waals surface area contributed by atoms with E-state index in [0.717, 1.165) is 6.42 Å². The van der Waals surface area contributed by atoms with Crippen molar-refractivity contribution in [3.8, 4) is 0 Å². The summed E-state index contributed by atoms with van der Waals surface area (Å²) in [5, 5.41) is 0. The Hall–Kier alpha value is -1.89. The van der Waals surface area contributed by atoms with Gasteiger partial charge in [0.05, 0.1) is 0 Å². The van der Waals surface area contributed by atoms with Gasteiger partial charge in [0.25, 0.3) is 0 Å². The molecule has 0 fully saturated rings. The van der Waals surface area contributed by atoms with E-state index in [0.29, 0.717) is 6.42 Å². The lowest BCUT2D eigenvalue weighted by Crippen LogP contribution is -2.23. The van der Waals surface area contributed by atoms with E-state index in [2.05, 4.69) is 36.5 Å². The van der Waals surface area contributed by atoms with E-state index >= 15 is 0 Å². The van der Waals surface area contributed by atoms with E-state index in [4.69, 9.17) is 0 Å². The maximum absolute atomic E-state index is 11.4. The maximum Gasteiger partial charge on any atom is 0.160 e. The van der Waals surface area contributed by atoms with Crippen molar-refractivity contribution in [2.24, 2.45) is 5.41 Å². The Morgan fingerprint density at radius 3 is 2.82 bits per heavy atom. The number of ketones is 1. The van der Waals surface area contributed by atoms with E-state index in [-0.39, 0.29) is 11.2 Å². The summed E-state index contributed by atoms with van der Waals surface area (Å²) in [5.74, 6) is 0.207. The first-order valence-corrected chi connectivity index (χ1v) is 6.01. The fraction of sp³-hybridized carbons (Fsp3) is 0.188. The molecule has 0 aromatic rings. The average molecular weight is 220 g/mol. The monoisotopic (exact) mass is 220 g/mol. The molecule has 0 saturated heterocycles. The van der Waals surface area contributed by atoms with Crippen LogP contribution in [0.25, 0.3) is 0 Å². The second-order valence-electron chi connectivity index (χ2n) is 5.12. The van der Waals surface area contributed by atoms with Crippen LogP contribution >= 0.6 is 0 Å². The minimum Gasteiger partial charge on any atom is -0.294 e. The Morgan fingerprint density at radius 2 is 1.88 bits per heavy atom. The van der Waals surface area contributed by atoms with Gasteiger partial charge < -0.3 is 0 Å². The van der Waals surface area contributed by atoms with Crippen molar-refractivity contribution in [3.05, 3.63) is 70.9 Å². The van der Waals surface area contributed by atoms with Gasteiger partial charge in [0, 0.05) is 11.8 Å². The van der Waals surface area contributed by atoms with Crippen LogP contribution in [0, 0.1) is 5.41 Å². The molecule has 0 N–H and O–H groups in total. The summed E-state index contributed by atoms with van der Waals surface area (Å²) in [6.07, 6.45) is 18.7. The minimum absolute atomic E-state index is 0.0770. The van der Waals surface area contributed by atoms with Crippen molar-refractivity contribution in [2.45, 2.75) is 12.8 Å². The van der Waals surface area contributed by atoms with Crippen LogP contribution in [0.1, 0.15) is 12.8 Å². The van der Waals surface area contributed by atoms with Crippen LogP contribution in [0.15, 0.2) is 70.9 Å². The van der Waals surface area contributed by atoms with Gasteiger partial charge in [0.2, 0.25) is 0 Å². The predicted molar refractivity (Wildman–Crippen MR) is 67.3 cm³/mol. The van der Waals surface area contributed by atoms with Crippen molar-refractivity contribution in [3.63, 3.8) is 0 Å². The van der Waals surface area contributed by atoms with Gasteiger partial charge in [-0.1, -0.05) is 42.5 Å². The van der Waals surface area contributed by atoms with Gasteiger partial charge >= 0.3 is 0 Å². The standard InChI is InChI=1S/C16H12O/c17-13-2-3-14-12(9-13)6-8-16-7-5-11(10-16)1-4-15(14)16/h1-8H,9-10H2. The van der Waals surface area contributed by atoms with Gasteiger partial charge in [-0.25, -0.2) is 0 Å². The SMILES string of the molecule is O=C1C=CC2=C(C=CC34C=CC(=CC=C23)C4)C1. The number of carbonyl (C=O) groups excluding carboxylic acids is 1. The number of allylic oxidation sites excluding steroid dienone is 12. The summed E-state index contributed by atoms with van der Waals surface area (Å²) in [5.41, 5.74) is 5.27. The lowest BCUT2D eigenvalue weighted by atomic mass is 9.68. The molecule has 0 amide bonds. The molecule has 4 aliphatic carbocycles. The van der Waals surface area contributed by atoms with E-state index in [1.807, 2.05) is 6.08 Å². The van der Waals surface area contributed by atoms with Gasteiger partial charge in [-0.3, -0.25) is 4.79 Å². The van der Waals surface area contributed by atoms with Crippen LogP contribution in [0.4, 0.5) is 0 Å². The molecule has 0 radical (unpaired) electrons. The number of hydrogen-bond acceptors (Lipinski definition) is 1. The first-order chi connectivity index (χ1) is 8.27. The van der Waals surface area contributed by atoms with E-state index < -0.39 is 0 Å². The Balaban J connectivity index is 1.93. The molecule has 1 spiro atoms. The van der Waals surface area contributed by atoms with Crippen LogP contribution in [-0.2, 0) is 4.79 Å². The highest BCUT2D eigenvalue weighted by Crippen LogP contribution is 2.52. The van der Waals surface area contributed by atoms with Crippen molar-refractivity contribution in [1.82, 2.24) is 0 Å². The third-order valence-corrected chi connectivity index (χ3v) is 4.08. The number of rotatable bonds is 0. The van der Waals surface area contributed by atoms with Crippen LogP contribution in [0.3, 0.4) is 0 Å². The molecule has 0 saturated carbocycles. The summed E-state index contributed by atoms with van der Waals surface area (Å²) < 4.78 is 0. The molecular weight excluding hydrogens is 208 g/mol. The topological polar surface area (TPSA) is 17.1 Å². The van der Waals surface area contributed by atoms with Crippen molar-refractivity contribution in [1.29, 1.82) is 0 Å². The normalized spacial score (nSPS) is 32.4. The van der Waals surface area contributed by atoms with Crippen LogP contribution in [0.5, 0.6) is 0 Å². The van der Waals surface area contributed by atoms with E-state index in [1.54, 1.807) is 6.08 Å². The molecule has 1 unspecified atom stereocenters. The first-order valence-electron chi connectivity index (χ1n) is 6.01. The lowest BCUT2D eigenvalue weighted by molar-refractivity contribution is -0.114. The third kappa shape index (κ3) is 1.11. The van der Waals surface area contributed by atoms with Gasteiger partial charge in [-0.2, -0.15) is 0 Å². The zero-order chi connectivity index (χ0) is 11.5. The van der Waals surface area contributed by atoms with Gasteiger partial charge in [0.15, 0.2) is 5.78 Å². The van der Waals surface area contributed by atoms with E-state index in [1.165, 1.54) is 22.3 Å². The smallest absolute Gasteiger partial charge is 0.160 e. The van der Waals surface area contributed by atoms with Crippen LogP contribution in [0.2, 0.25) is 0 Å². The summed E-state index contributed by atoms with van der Waals surface area (Å²) in [6.45, 7) is 0. The molecular formula is C16H12O. The van der Waals surface area contributed by atoms with Gasteiger partial charge in [-0.15, -0.1) is 0 Å². The Bertz CT molecular complexity index is 620. The summed E-state index contributed by atoms with van der Waals surface area (Å²) in [6, 6.07) is 0. The molecule has 4 rings (SSSR count). The highest BCUT2D eigenvalue weighted by atomic mass is 16.1.